The van der Waals surface area contributed by atoms with E-state index in [4.69, 9.17) is 0 Å². The van der Waals surface area contributed by atoms with Crippen LogP contribution in [0, 0.1) is 5.92 Å². The third-order valence-electron chi connectivity index (χ3n) is 7.40. The van der Waals surface area contributed by atoms with Gasteiger partial charge in [0.15, 0.2) is 0 Å². The number of carbonyl (C=O) groups excluding carboxylic acids is 1. The fourth-order valence-electron chi connectivity index (χ4n) is 4.97. The standard InChI is InChI=1S/C26H40N4O/c1-18-5-12-25(27-18)26(31)28-19(2)24-11-10-23(17-21(24)9-8-20-6-7-20)30(4)22-13-15-29(3)16-14-22/h8-11,17-20,22,25,27H,5-7,12-16H2,1-4H3,(H,28,31)/b9-8+/t18-,19-,25-/m0/s1. The van der Waals surface area contributed by atoms with Crippen molar-refractivity contribution in [3.8, 4) is 0 Å². The van der Waals surface area contributed by atoms with Gasteiger partial charge in [-0.3, -0.25) is 4.79 Å². The molecule has 3 fully saturated rings. The van der Waals surface area contributed by atoms with Gasteiger partial charge < -0.3 is 20.4 Å². The van der Waals surface area contributed by atoms with Crippen LogP contribution in [0.4, 0.5) is 5.69 Å². The number of anilines is 1. The Morgan fingerprint density at radius 3 is 2.58 bits per heavy atom. The van der Waals surface area contributed by atoms with Gasteiger partial charge >= 0.3 is 0 Å². The summed E-state index contributed by atoms with van der Waals surface area (Å²) in [6, 6.07) is 7.74. The number of carbonyl (C=O) groups is 1. The summed E-state index contributed by atoms with van der Waals surface area (Å²) in [6.45, 7) is 6.59. The molecule has 170 valence electrons. The molecular weight excluding hydrogens is 384 g/mol. The smallest absolute Gasteiger partial charge is 0.237 e. The molecule has 3 atom stereocenters. The lowest BCUT2D eigenvalue weighted by molar-refractivity contribution is -0.123. The van der Waals surface area contributed by atoms with E-state index in [1.165, 1.54) is 55.6 Å². The fraction of sp³-hybridized carbons (Fsp3) is 0.654. The molecule has 1 saturated carbocycles. The molecule has 3 aliphatic rings. The Bertz CT molecular complexity index is 795. The van der Waals surface area contributed by atoms with Gasteiger partial charge in [0.05, 0.1) is 12.1 Å². The van der Waals surface area contributed by atoms with Gasteiger partial charge in [0.25, 0.3) is 0 Å². The lowest BCUT2D eigenvalue weighted by atomic mass is 9.97. The van der Waals surface area contributed by atoms with Crippen molar-refractivity contribution >= 4 is 17.7 Å². The van der Waals surface area contributed by atoms with Crippen LogP contribution in [0.25, 0.3) is 6.08 Å². The minimum absolute atomic E-state index is 0.00764. The largest absolute Gasteiger partial charge is 0.371 e. The summed E-state index contributed by atoms with van der Waals surface area (Å²) in [7, 11) is 4.45. The lowest BCUT2D eigenvalue weighted by Crippen LogP contribution is -2.43. The Balaban J connectivity index is 1.50. The number of piperidine rings is 1. The van der Waals surface area contributed by atoms with Gasteiger partial charge in [-0.1, -0.05) is 18.2 Å². The van der Waals surface area contributed by atoms with Crippen LogP contribution in [0.3, 0.4) is 0 Å². The minimum atomic E-state index is -0.0576. The zero-order chi connectivity index (χ0) is 22.0. The molecular formula is C26H40N4O. The summed E-state index contributed by atoms with van der Waals surface area (Å²) < 4.78 is 0. The zero-order valence-electron chi connectivity index (χ0n) is 19.7. The van der Waals surface area contributed by atoms with Crippen molar-refractivity contribution in [2.45, 2.75) is 76.5 Å². The second-order valence-electron chi connectivity index (χ2n) is 10.1. The molecule has 0 radical (unpaired) electrons. The molecule has 1 aromatic rings. The lowest BCUT2D eigenvalue weighted by Gasteiger charge is -2.36. The van der Waals surface area contributed by atoms with Crippen LogP contribution in [-0.2, 0) is 4.79 Å². The summed E-state index contributed by atoms with van der Waals surface area (Å²) in [5.41, 5.74) is 3.72. The van der Waals surface area contributed by atoms with Crippen molar-refractivity contribution in [3.05, 3.63) is 35.4 Å². The predicted octanol–water partition coefficient (Wildman–Crippen LogP) is 3.96. The van der Waals surface area contributed by atoms with Crippen LogP contribution in [0.15, 0.2) is 24.3 Å². The van der Waals surface area contributed by atoms with Crippen molar-refractivity contribution in [2.75, 3.05) is 32.1 Å². The van der Waals surface area contributed by atoms with Gasteiger partial charge in [0.1, 0.15) is 0 Å². The first-order chi connectivity index (χ1) is 14.9. The van der Waals surface area contributed by atoms with Crippen molar-refractivity contribution in [1.82, 2.24) is 15.5 Å². The number of benzene rings is 1. The predicted molar refractivity (Wildman–Crippen MR) is 129 cm³/mol. The molecule has 0 spiro atoms. The van der Waals surface area contributed by atoms with E-state index in [9.17, 15) is 4.79 Å². The minimum Gasteiger partial charge on any atom is -0.371 e. The molecule has 5 nitrogen and oxygen atoms in total. The second-order valence-corrected chi connectivity index (χ2v) is 10.1. The summed E-state index contributed by atoms with van der Waals surface area (Å²) in [4.78, 5) is 17.6. The Labute approximate surface area is 188 Å². The molecule has 0 unspecified atom stereocenters. The third kappa shape index (κ3) is 5.69. The van der Waals surface area contributed by atoms with Crippen LogP contribution in [-0.4, -0.2) is 56.1 Å². The quantitative estimate of drug-likeness (QED) is 0.696. The van der Waals surface area contributed by atoms with Gasteiger partial charge in [-0.25, -0.2) is 0 Å². The molecule has 4 rings (SSSR count). The first kappa shape index (κ1) is 22.3. The maximum Gasteiger partial charge on any atom is 0.237 e. The van der Waals surface area contributed by atoms with Crippen LogP contribution in [0.1, 0.15) is 69.5 Å². The van der Waals surface area contributed by atoms with Gasteiger partial charge in [0.2, 0.25) is 5.91 Å². The second kappa shape index (κ2) is 9.74. The summed E-state index contributed by atoms with van der Waals surface area (Å²) >= 11 is 0. The molecule has 5 heteroatoms. The molecule has 2 heterocycles. The Morgan fingerprint density at radius 2 is 1.94 bits per heavy atom. The van der Waals surface area contributed by atoms with Gasteiger partial charge in [-0.05, 0) is 102 Å². The van der Waals surface area contributed by atoms with E-state index >= 15 is 0 Å². The highest BCUT2D eigenvalue weighted by molar-refractivity contribution is 5.82. The number of nitrogens with zero attached hydrogens (tertiary/aromatic N) is 2. The first-order valence-electron chi connectivity index (χ1n) is 12.2. The van der Waals surface area contributed by atoms with Crippen LogP contribution in [0.5, 0.6) is 0 Å². The zero-order valence-corrected chi connectivity index (χ0v) is 19.7. The van der Waals surface area contributed by atoms with Crippen molar-refractivity contribution in [2.24, 2.45) is 5.92 Å². The Morgan fingerprint density at radius 1 is 1.19 bits per heavy atom. The number of likely N-dealkylation sites (tertiary alicyclic amines) is 1. The average molecular weight is 425 g/mol. The van der Waals surface area contributed by atoms with Gasteiger partial charge in [-0.15, -0.1) is 0 Å². The number of rotatable bonds is 7. The highest BCUT2D eigenvalue weighted by Crippen LogP contribution is 2.33. The molecule has 31 heavy (non-hydrogen) atoms. The maximum absolute atomic E-state index is 12.8. The number of allylic oxidation sites excluding steroid dienone is 1. The van der Waals surface area contributed by atoms with Crippen molar-refractivity contribution in [1.29, 1.82) is 0 Å². The summed E-state index contributed by atoms with van der Waals surface area (Å²) in [5, 5.41) is 6.67. The Hall–Kier alpha value is -1.85. The summed E-state index contributed by atoms with van der Waals surface area (Å²) in [5.74, 6) is 0.860. The molecule has 2 saturated heterocycles. The first-order valence-corrected chi connectivity index (χ1v) is 12.2. The third-order valence-corrected chi connectivity index (χ3v) is 7.40. The highest BCUT2D eigenvalue weighted by atomic mass is 16.2. The molecule has 0 aromatic heterocycles. The van der Waals surface area contributed by atoms with Crippen molar-refractivity contribution in [3.63, 3.8) is 0 Å². The van der Waals surface area contributed by atoms with E-state index in [2.05, 4.69) is 78.7 Å². The summed E-state index contributed by atoms with van der Waals surface area (Å²) in [6.07, 6.45) is 11.7. The molecule has 0 bridgehead atoms. The van der Waals surface area contributed by atoms with E-state index in [1.54, 1.807) is 0 Å². The molecule has 2 N–H and O–H groups in total. The maximum atomic E-state index is 12.8. The van der Waals surface area contributed by atoms with E-state index in [0.717, 1.165) is 18.8 Å². The SMILES string of the molecule is C[C@H](NC(=O)[C@@H]1CC[C@H](C)N1)c1ccc(N(C)C2CCN(C)CC2)cc1/C=C/C1CC1. The monoisotopic (exact) mass is 424 g/mol. The molecule has 2 aliphatic heterocycles. The number of hydrogen-bond donors (Lipinski definition) is 2. The van der Waals surface area contributed by atoms with Crippen LogP contribution < -0.4 is 15.5 Å². The van der Waals surface area contributed by atoms with Crippen molar-refractivity contribution < 1.29 is 4.79 Å². The number of hydrogen-bond acceptors (Lipinski definition) is 4. The topological polar surface area (TPSA) is 47.6 Å². The Kier molecular flexibility index (Phi) is 7.02. The molecule has 1 aliphatic carbocycles. The van der Waals surface area contributed by atoms with Crippen LogP contribution >= 0.6 is 0 Å². The average Bonchev–Trinajstić information content (AvgIpc) is 3.50. The fourth-order valence-corrected chi connectivity index (χ4v) is 4.97. The van der Waals surface area contributed by atoms with Gasteiger partial charge in [0, 0.05) is 24.8 Å². The molecule has 1 amide bonds. The van der Waals surface area contributed by atoms with E-state index < -0.39 is 0 Å². The highest BCUT2D eigenvalue weighted by Gasteiger charge is 2.28. The number of amides is 1. The number of nitrogens with one attached hydrogen (secondary N) is 2. The molecule has 1 aromatic carbocycles. The normalized spacial score (nSPS) is 26.3. The van der Waals surface area contributed by atoms with Gasteiger partial charge in [-0.2, -0.15) is 0 Å². The van der Waals surface area contributed by atoms with E-state index in [0.29, 0.717) is 12.1 Å². The van der Waals surface area contributed by atoms with E-state index in [-0.39, 0.29) is 18.0 Å². The van der Waals surface area contributed by atoms with E-state index in [1.807, 2.05) is 0 Å². The van der Waals surface area contributed by atoms with Crippen LogP contribution in [0.2, 0.25) is 0 Å².